The number of nitrogens with two attached hydrogens (primary N) is 2. The molecule has 0 aromatic heterocycles. The molecule has 0 radical (unpaired) electrons. The number of carboxylic acid groups (broad SMARTS) is 1. The van der Waals surface area contributed by atoms with Crippen LogP contribution in [0.25, 0.3) is 10.8 Å². The van der Waals surface area contributed by atoms with Gasteiger partial charge in [0.05, 0.1) is 5.56 Å². The molecule has 0 heterocycles. The number of anilines is 2. The SMILES string of the molecule is Nc1ccc2c(C(=O)O)c(N)ccc2c1. The molecule has 4 nitrogen and oxygen atoms in total. The van der Waals surface area contributed by atoms with E-state index in [1.165, 1.54) is 0 Å². The Labute approximate surface area is 86.1 Å². The molecule has 0 aliphatic carbocycles. The van der Waals surface area contributed by atoms with Crippen LogP contribution in [-0.2, 0) is 0 Å². The van der Waals surface area contributed by atoms with Crippen molar-refractivity contribution in [2.75, 3.05) is 11.5 Å². The van der Waals surface area contributed by atoms with Crippen molar-refractivity contribution >= 4 is 28.1 Å². The third kappa shape index (κ3) is 1.46. The van der Waals surface area contributed by atoms with Gasteiger partial charge in [-0.3, -0.25) is 0 Å². The molecule has 0 aliphatic rings. The van der Waals surface area contributed by atoms with Crippen LogP contribution in [0.3, 0.4) is 0 Å². The molecule has 0 aliphatic heterocycles. The number of hydrogen-bond acceptors (Lipinski definition) is 3. The third-order valence-electron chi connectivity index (χ3n) is 2.29. The first-order valence-corrected chi connectivity index (χ1v) is 4.40. The Morgan fingerprint density at radius 2 is 1.87 bits per heavy atom. The maximum absolute atomic E-state index is 11.0. The Bertz CT molecular complexity index is 550. The Morgan fingerprint density at radius 3 is 2.53 bits per heavy atom. The maximum Gasteiger partial charge on any atom is 0.338 e. The van der Waals surface area contributed by atoms with Crippen LogP contribution in [0.2, 0.25) is 0 Å². The van der Waals surface area contributed by atoms with Crippen LogP contribution in [0.15, 0.2) is 30.3 Å². The summed E-state index contributed by atoms with van der Waals surface area (Å²) in [6.07, 6.45) is 0. The van der Waals surface area contributed by atoms with E-state index in [9.17, 15) is 4.79 Å². The van der Waals surface area contributed by atoms with E-state index in [2.05, 4.69) is 0 Å². The molecule has 2 aromatic rings. The first-order valence-electron chi connectivity index (χ1n) is 4.40. The Hall–Kier alpha value is -2.23. The summed E-state index contributed by atoms with van der Waals surface area (Å²) in [5.74, 6) is -1.03. The van der Waals surface area contributed by atoms with Crippen molar-refractivity contribution in [1.82, 2.24) is 0 Å². The summed E-state index contributed by atoms with van der Waals surface area (Å²) in [6.45, 7) is 0. The quantitative estimate of drug-likeness (QED) is 0.614. The first kappa shape index (κ1) is 9.33. The number of benzene rings is 2. The van der Waals surface area contributed by atoms with Gasteiger partial charge in [-0.15, -0.1) is 0 Å². The van der Waals surface area contributed by atoms with Gasteiger partial charge in [-0.05, 0) is 29.0 Å². The van der Waals surface area contributed by atoms with Gasteiger partial charge in [0.1, 0.15) is 0 Å². The highest BCUT2D eigenvalue weighted by atomic mass is 16.4. The number of nitrogen functional groups attached to an aromatic ring is 2. The highest BCUT2D eigenvalue weighted by Gasteiger charge is 2.12. The van der Waals surface area contributed by atoms with Gasteiger partial charge >= 0.3 is 5.97 Å². The Morgan fingerprint density at radius 1 is 1.13 bits per heavy atom. The summed E-state index contributed by atoms with van der Waals surface area (Å²) in [4.78, 5) is 11.0. The smallest absolute Gasteiger partial charge is 0.338 e. The summed E-state index contributed by atoms with van der Waals surface area (Å²) in [7, 11) is 0. The summed E-state index contributed by atoms with van der Waals surface area (Å²) >= 11 is 0. The molecule has 2 aromatic carbocycles. The van der Waals surface area contributed by atoms with E-state index in [-0.39, 0.29) is 11.3 Å². The van der Waals surface area contributed by atoms with Crippen LogP contribution in [0.4, 0.5) is 11.4 Å². The van der Waals surface area contributed by atoms with E-state index in [1.807, 2.05) is 0 Å². The molecule has 0 spiro atoms. The number of aromatic carboxylic acids is 1. The largest absolute Gasteiger partial charge is 0.478 e. The van der Waals surface area contributed by atoms with E-state index >= 15 is 0 Å². The summed E-state index contributed by atoms with van der Waals surface area (Å²) in [5.41, 5.74) is 12.2. The zero-order chi connectivity index (χ0) is 11.0. The van der Waals surface area contributed by atoms with E-state index in [1.54, 1.807) is 30.3 Å². The average molecular weight is 202 g/mol. The van der Waals surface area contributed by atoms with Crippen LogP contribution < -0.4 is 11.5 Å². The molecular weight excluding hydrogens is 192 g/mol. The number of carbonyl (C=O) groups is 1. The van der Waals surface area contributed by atoms with Crippen LogP contribution in [0.1, 0.15) is 10.4 Å². The third-order valence-corrected chi connectivity index (χ3v) is 2.29. The van der Waals surface area contributed by atoms with Gasteiger partial charge in [0.15, 0.2) is 0 Å². The molecule has 0 fully saturated rings. The highest BCUT2D eigenvalue weighted by Crippen LogP contribution is 2.25. The van der Waals surface area contributed by atoms with Crippen molar-refractivity contribution in [2.24, 2.45) is 0 Å². The summed E-state index contributed by atoms with van der Waals surface area (Å²) in [5, 5.41) is 10.4. The molecule has 4 heteroatoms. The monoisotopic (exact) mass is 202 g/mol. The normalized spacial score (nSPS) is 10.4. The van der Waals surface area contributed by atoms with Gasteiger partial charge in [-0.25, -0.2) is 4.79 Å². The predicted molar refractivity (Wildman–Crippen MR) is 59.7 cm³/mol. The fourth-order valence-corrected chi connectivity index (χ4v) is 1.60. The number of carboxylic acids is 1. The molecular formula is C11H10N2O2. The Balaban J connectivity index is 2.88. The van der Waals surface area contributed by atoms with Crippen molar-refractivity contribution in [3.63, 3.8) is 0 Å². The summed E-state index contributed by atoms with van der Waals surface area (Å²) < 4.78 is 0. The average Bonchev–Trinajstić information content (AvgIpc) is 2.17. The van der Waals surface area contributed by atoms with Crippen molar-refractivity contribution < 1.29 is 9.90 Å². The predicted octanol–water partition coefficient (Wildman–Crippen LogP) is 1.70. The van der Waals surface area contributed by atoms with Crippen molar-refractivity contribution in [1.29, 1.82) is 0 Å². The molecule has 5 N–H and O–H groups in total. The first-order chi connectivity index (χ1) is 7.09. The molecule has 15 heavy (non-hydrogen) atoms. The molecule has 0 bridgehead atoms. The molecule has 0 saturated heterocycles. The van der Waals surface area contributed by atoms with Crippen LogP contribution >= 0.6 is 0 Å². The highest BCUT2D eigenvalue weighted by molar-refractivity contribution is 6.08. The maximum atomic E-state index is 11.0. The second-order valence-electron chi connectivity index (χ2n) is 3.32. The zero-order valence-corrected chi connectivity index (χ0v) is 7.90. The van der Waals surface area contributed by atoms with Gasteiger partial charge in [0.25, 0.3) is 0 Å². The molecule has 2 rings (SSSR count). The van der Waals surface area contributed by atoms with Crippen molar-refractivity contribution in [3.8, 4) is 0 Å². The number of fused-ring (bicyclic) bond motifs is 1. The molecule has 0 unspecified atom stereocenters. The second-order valence-corrected chi connectivity index (χ2v) is 3.32. The fourth-order valence-electron chi connectivity index (χ4n) is 1.60. The lowest BCUT2D eigenvalue weighted by molar-refractivity contribution is 0.0700. The Kier molecular flexibility index (Phi) is 1.97. The van der Waals surface area contributed by atoms with E-state index in [4.69, 9.17) is 16.6 Å². The van der Waals surface area contributed by atoms with Crippen LogP contribution in [-0.4, -0.2) is 11.1 Å². The van der Waals surface area contributed by atoms with Gasteiger partial charge in [0, 0.05) is 11.4 Å². The van der Waals surface area contributed by atoms with Crippen molar-refractivity contribution in [2.45, 2.75) is 0 Å². The van der Waals surface area contributed by atoms with Gasteiger partial charge in [-0.1, -0.05) is 12.1 Å². The minimum absolute atomic E-state index is 0.132. The fraction of sp³-hybridized carbons (Fsp3) is 0. The van der Waals surface area contributed by atoms with Crippen LogP contribution in [0, 0.1) is 0 Å². The lowest BCUT2D eigenvalue weighted by Crippen LogP contribution is -2.03. The molecule has 0 saturated carbocycles. The van der Waals surface area contributed by atoms with E-state index in [0.717, 1.165) is 5.39 Å². The lowest BCUT2D eigenvalue weighted by Gasteiger charge is -2.06. The second kappa shape index (κ2) is 3.16. The van der Waals surface area contributed by atoms with E-state index < -0.39 is 5.97 Å². The molecule has 0 atom stereocenters. The number of hydrogen-bond donors (Lipinski definition) is 3. The van der Waals surface area contributed by atoms with Crippen molar-refractivity contribution in [3.05, 3.63) is 35.9 Å². The lowest BCUT2D eigenvalue weighted by atomic mass is 10.0. The van der Waals surface area contributed by atoms with Crippen LogP contribution in [0.5, 0.6) is 0 Å². The van der Waals surface area contributed by atoms with Gasteiger partial charge < -0.3 is 16.6 Å². The topological polar surface area (TPSA) is 89.3 Å². The molecule has 76 valence electrons. The van der Waals surface area contributed by atoms with Gasteiger partial charge in [0.2, 0.25) is 0 Å². The zero-order valence-electron chi connectivity index (χ0n) is 7.90. The van der Waals surface area contributed by atoms with E-state index in [0.29, 0.717) is 11.1 Å². The minimum Gasteiger partial charge on any atom is -0.478 e. The standard InChI is InChI=1S/C11H10N2O2/c12-7-2-3-8-6(5-7)1-4-9(13)10(8)11(14)15/h1-5H,12-13H2,(H,14,15). The molecule has 0 amide bonds. The number of rotatable bonds is 1. The summed E-state index contributed by atoms with van der Waals surface area (Å²) in [6, 6.07) is 8.39. The minimum atomic E-state index is -1.03. The van der Waals surface area contributed by atoms with Gasteiger partial charge in [-0.2, -0.15) is 0 Å².